The van der Waals surface area contributed by atoms with Crippen LogP contribution in [0, 0.1) is 6.92 Å². The van der Waals surface area contributed by atoms with Crippen LogP contribution in [0.25, 0.3) is 11.0 Å². The van der Waals surface area contributed by atoms with Gasteiger partial charge in [-0.3, -0.25) is 9.59 Å². The van der Waals surface area contributed by atoms with Crippen LogP contribution in [0.5, 0.6) is 0 Å². The second kappa shape index (κ2) is 6.45. The number of carbonyl (C=O) groups is 2. The number of hydrogen-bond acceptors (Lipinski definition) is 4. The summed E-state index contributed by atoms with van der Waals surface area (Å²) in [4.78, 5) is 25.9. The summed E-state index contributed by atoms with van der Waals surface area (Å²) in [5.74, 6) is -0.687. The van der Waals surface area contributed by atoms with Crippen LogP contribution in [0.4, 0.5) is 5.00 Å². The topological polar surface area (TPSA) is 85.3 Å². The molecule has 3 N–H and O–H groups in total. The van der Waals surface area contributed by atoms with E-state index in [-0.39, 0.29) is 5.76 Å². The van der Waals surface area contributed by atoms with Crippen molar-refractivity contribution in [3.05, 3.63) is 50.5 Å². The molecule has 0 unspecified atom stereocenters. The van der Waals surface area contributed by atoms with E-state index < -0.39 is 11.8 Å². The van der Waals surface area contributed by atoms with Crippen LogP contribution < -0.4 is 11.1 Å². The molecule has 4 rings (SSSR count). The Hall–Kier alpha value is -2.31. The number of thiophene rings is 1. The number of benzene rings is 1. The van der Waals surface area contributed by atoms with E-state index in [4.69, 9.17) is 21.8 Å². The minimum Gasteiger partial charge on any atom is -0.451 e. The Morgan fingerprint density at radius 1 is 1.27 bits per heavy atom. The highest BCUT2D eigenvalue weighted by atomic mass is 35.5. The van der Waals surface area contributed by atoms with Gasteiger partial charge in [-0.2, -0.15) is 0 Å². The van der Waals surface area contributed by atoms with Crippen LogP contribution in [0.1, 0.15) is 49.8 Å². The first-order valence-electron chi connectivity index (χ1n) is 8.40. The molecule has 0 spiro atoms. The highest BCUT2D eigenvalue weighted by Crippen LogP contribution is 2.38. The summed E-state index contributed by atoms with van der Waals surface area (Å²) >= 11 is 7.46. The number of furan rings is 1. The van der Waals surface area contributed by atoms with Gasteiger partial charge in [-0.1, -0.05) is 11.6 Å². The lowest BCUT2D eigenvalue weighted by Crippen LogP contribution is -2.18. The molecule has 0 bridgehead atoms. The average molecular weight is 389 g/mol. The standard InChI is InChI=1S/C19H17ClN2O3S/c1-9-12-8-10(20)6-7-13(12)25-16(9)18(24)22-19-15(17(21)23)11-4-2-3-5-14(11)26-19/h6-8H,2-5H2,1H3,(H2,21,23)(H,22,24). The normalized spacial score (nSPS) is 13.6. The summed E-state index contributed by atoms with van der Waals surface area (Å²) in [6.45, 7) is 1.81. The summed E-state index contributed by atoms with van der Waals surface area (Å²) in [7, 11) is 0. The summed E-state index contributed by atoms with van der Waals surface area (Å²) in [6, 6.07) is 5.22. The van der Waals surface area contributed by atoms with Crippen molar-refractivity contribution in [1.29, 1.82) is 0 Å². The van der Waals surface area contributed by atoms with Crippen LogP contribution in [0.2, 0.25) is 5.02 Å². The predicted molar refractivity (Wildman–Crippen MR) is 103 cm³/mol. The number of halogens is 1. The molecule has 5 nitrogen and oxygen atoms in total. The Kier molecular flexibility index (Phi) is 4.25. The van der Waals surface area contributed by atoms with Crippen LogP contribution in [0.3, 0.4) is 0 Å². The molecule has 0 saturated carbocycles. The van der Waals surface area contributed by atoms with E-state index in [1.54, 1.807) is 18.2 Å². The molecule has 134 valence electrons. The van der Waals surface area contributed by atoms with Gasteiger partial charge in [0.1, 0.15) is 10.6 Å². The molecule has 3 aromatic rings. The molecule has 1 aromatic carbocycles. The van der Waals surface area contributed by atoms with Crippen LogP contribution in [-0.2, 0) is 12.8 Å². The second-order valence-electron chi connectivity index (χ2n) is 6.43. The number of hydrogen-bond donors (Lipinski definition) is 2. The first kappa shape index (κ1) is 17.1. The largest absolute Gasteiger partial charge is 0.451 e. The summed E-state index contributed by atoms with van der Waals surface area (Å²) in [5, 5.41) is 4.71. The second-order valence-corrected chi connectivity index (χ2v) is 7.97. The summed E-state index contributed by atoms with van der Waals surface area (Å²) < 4.78 is 5.71. The van der Waals surface area contributed by atoms with Crippen molar-refractivity contribution in [3.8, 4) is 0 Å². The fourth-order valence-electron chi connectivity index (χ4n) is 3.48. The van der Waals surface area contributed by atoms with Crippen molar-refractivity contribution in [3.63, 3.8) is 0 Å². The fourth-order valence-corrected chi connectivity index (χ4v) is 4.95. The fraction of sp³-hybridized carbons (Fsp3) is 0.263. The number of rotatable bonds is 3. The summed E-state index contributed by atoms with van der Waals surface area (Å²) in [6.07, 6.45) is 3.85. The van der Waals surface area contributed by atoms with E-state index in [9.17, 15) is 9.59 Å². The highest BCUT2D eigenvalue weighted by Gasteiger charge is 2.26. The molecule has 26 heavy (non-hydrogen) atoms. The number of primary amides is 1. The number of nitrogens with two attached hydrogens (primary N) is 1. The van der Waals surface area contributed by atoms with E-state index in [0.29, 0.717) is 26.7 Å². The lowest BCUT2D eigenvalue weighted by Gasteiger charge is -2.11. The maximum absolute atomic E-state index is 12.8. The molecule has 1 aliphatic rings. The van der Waals surface area contributed by atoms with Gasteiger partial charge in [0.25, 0.3) is 11.8 Å². The van der Waals surface area contributed by atoms with Crippen molar-refractivity contribution in [2.45, 2.75) is 32.6 Å². The van der Waals surface area contributed by atoms with Gasteiger partial charge in [-0.25, -0.2) is 0 Å². The van der Waals surface area contributed by atoms with E-state index in [2.05, 4.69) is 5.32 Å². The van der Waals surface area contributed by atoms with E-state index in [1.807, 2.05) is 6.92 Å². The van der Waals surface area contributed by atoms with Crippen LogP contribution in [0.15, 0.2) is 22.6 Å². The molecule has 0 aliphatic heterocycles. The van der Waals surface area contributed by atoms with Gasteiger partial charge < -0.3 is 15.5 Å². The first-order chi connectivity index (χ1) is 12.5. The van der Waals surface area contributed by atoms with Gasteiger partial charge in [-0.05, 0) is 56.4 Å². The van der Waals surface area contributed by atoms with Crippen molar-refractivity contribution in [2.24, 2.45) is 5.73 Å². The molecule has 0 fully saturated rings. The Balaban J connectivity index is 1.72. The van der Waals surface area contributed by atoms with Gasteiger partial charge in [0.2, 0.25) is 0 Å². The van der Waals surface area contributed by atoms with E-state index in [0.717, 1.165) is 41.5 Å². The lowest BCUT2D eigenvalue weighted by molar-refractivity contribution is 0.0998. The van der Waals surface area contributed by atoms with E-state index >= 15 is 0 Å². The zero-order chi connectivity index (χ0) is 18.4. The van der Waals surface area contributed by atoms with Gasteiger partial charge in [0.15, 0.2) is 5.76 Å². The number of aryl methyl sites for hydroxylation is 2. The minimum atomic E-state index is -0.507. The molecule has 0 saturated heterocycles. The molecular formula is C19H17ClN2O3S. The van der Waals surface area contributed by atoms with Crippen molar-refractivity contribution < 1.29 is 14.0 Å². The van der Waals surface area contributed by atoms with Gasteiger partial charge in [0.05, 0.1) is 5.56 Å². The van der Waals surface area contributed by atoms with E-state index in [1.165, 1.54) is 11.3 Å². The molecule has 2 aromatic heterocycles. The molecule has 0 atom stereocenters. The molecule has 2 heterocycles. The zero-order valence-electron chi connectivity index (χ0n) is 14.1. The number of nitrogens with one attached hydrogen (secondary N) is 1. The SMILES string of the molecule is Cc1c(C(=O)Nc2sc3c(c2C(N)=O)CCCC3)oc2ccc(Cl)cc12. The highest BCUT2D eigenvalue weighted by molar-refractivity contribution is 7.17. The Morgan fingerprint density at radius 3 is 2.81 bits per heavy atom. The first-order valence-corrected chi connectivity index (χ1v) is 9.59. The zero-order valence-corrected chi connectivity index (χ0v) is 15.7. The van der Waals surface area contributed by atoms with Crippen molar-refractivity contribution in [2.75, 3.05) is 5.32 Å². The third-order valence-corrected chi connectivity index (χ3v) is 6.19. The van der Waals surface area contributed by atoms with Gasteiger partial charge in [0, 0.05) is 20.8 Å². The maximum Gasteiger partial charge on any atom is 0.292 e. The molecule has 1 aliphatic carbocycles. The third-order valence-electron chi connectivity index (χ3n) is 4.75. The quantitative estimate of drug-likeness (QED) is 0.682. The predicted octanol–water partition coefficient (Wildman–Crippen LogP) is 4.69. The number of anilines is 1. The van der Waals surface area contributed by atoms with Crippen molar-refractivity contribution >= 4 is 50.7 Å². The minimum absolute atomic E-state index is 0.212. The number of fused-ring (bicyclic) bond motifs is 2. The molecule has 2 amide bonds. The van der Waals surface area contributed by atoms with Gasteiger partial charge in [-0.15, -0.1) is 11.3 Å². The average Bonchev–Trinajstić information content (AvgIpc) is 3.12. The lowest BCUT2D eigenvalue weighted by atomic mass is 9.95. The third kappa shape index (κ3) is 2.79. The van der Waals surface area contributed by atoms with Crippen molar-refractivity contribution in [1.82, 2.24) is 0 Å². The molecular weight excluding hydrogens is 372 g/mol. The van der Waals surface area contributed by atoms with Crippen LogP contribution in [-0.4, -0.2) is 11.8 Å². The number of amides is 2. The maximum atomic E-state index is 12.8. The van der Waals surface area contributed by atoms with Crippen LogP contribution >= 0.6 is 22.9 Å². The Morgan fingerprint density at radius 2 is 2.04 bits per heavy atom. The Labute approximate surface area is 159 Å². The molecule has 7 heteroatoms. The van der Waals surface area contributed by atoms with Gasteiger partial charge >= 0.3 is 0 Å². The summed E-state index contributed by atoms with van der Waals surface area (Å²) in [5.41, 5.74) is 8.31. The smallest absolute Gasteiger partial charge is 0.292 e. The molecule has 0 radical (unpaired) electrons. The Bertz CT molecular complexity index is 1050. The number of carbonyl (C=O) groups excluding carboxylic acids is 2. The monoisotopic (exact) mass is 388 g/mol.